The number of rotatable bonds is 9. The van der Waals surface area contributed by atoms with E-state index in [4.69, 9.17) is 4.74 Å². The highest BCUT2D eigenvalue weighted by Gasteiger charge is 2.02. The summed E-state index contributed by atoms with van der Waals surface area (Å²) in [4.78, 5) is 4.23. The van der Waals surface area contributed by atoms with Gasteiger partial charge in [-0.2, -0.15) is 0 Å². The van der Waals surface area contributed by atoms with Gasteiger partial charge in [-0.1, -0.05) is 25.1 Å². The van der Waals surface area contributed by atoms with Crippen molar-refractivity contribution in [3.05, 3.63) is 42.0 Å². The monoisotopic (exact) mass is 344 g/mol. The summed E-state index contributed by atoms with van der Waals surface area (Å²) in [5.74, 6) is 2.74. The molecule has 0 spiro atoms. The van der Waals surface area contributed by atoms with Gasteiger partial charge < -0.3 is 19.9 Å². The predicted molar refractivity (Wildman–Crippen MR) is 100 cm³/mol. The Hall–Kier alpha value is -2.57. The van der Waals surface area contributed by atoms with Gasteiger partial charge in [-0.15, -0.1) is 10.2 Å². The van der Waals surface area contributed by atoms with E-state index in [9.17, 15) is 0 Å². The minimum Gasteiger partial charge on any atom is -0.493 e. The molecule has 1 aromatic heterocycles. The van der Waals surface area contributed by atoms with Crippen molar-refractivity contribution in [1.29, 1.82) is 0 Å². The van der Waals surface area contributed by atoms with E-state index in [1.165, 1.54) is 0 Å². The first-order valence-corrected chi connectivity index (χ1v) is 8.74. The predicted octanol–water partition coefficient (Wildman–Crippen LogP) is 1.78. The van der Waals surface area contributed by atoms with Gasteiger partial charge in [0, 0.05) is 33.1 Å². The summed E-state index contributed by atoms with van der Waals surface area (Å²) < 4.78 is 7.84. The van der Waals surface area contributed by atoms with Gasteiger partial charge in [-0.05, 0) is 25.0 Å². The van der Waals surface area contributed by atoms with E-state index >= 15 is 0 Å². The van der Waals surface area contributed by atoms with Crippen LogP contribution in [0, 0.1) is 6.92 Å². The Labute approximate surface area is 149 Å². The van der Waals surface area contributed by atoms with Gasteiger partial charge in [0.05, 0.1) is 6.61 Å². The molecule has 2 rings (SSSR count). The van der Waals surface area contributed by atoms with Crippen molar-refractivity contribution in [3.63, 3.8) is 0 Å². The van der Waals surface area contributed by atoms with Crippen molar-refractivity contribution in [2.75, 3.05) is 26.7 Å². The van der Waals surface area contributed by atoms with E-state index in [1.807, 2.05) is 18.2 Å². The lowest BCUT2D eigenvalue weighted by Gasteiger charge is -2.13. The Morgan fingerprint density at radius 3 is 2.80 bits per heavy atom. The Morgan fingerprint density at radius 2 is 2.04 bits per heavy atom. The third-order valence-corrected chi connectivity index (χ3v) is 3.85. The fourth-order valence-electron chi connectivity index (χ4n) is 2.43. The molecular formula is C18H28N6O. The molecule has 7 nitrogen and oxygen atoms in total. The number of hydrogen-bond donors (Lipinski definition) is 2. The average molecular weight is 344 g/mol. The normalized spacial score (nSPS) is 11.4. The van der Waals surface area contributed by atoms with E-state index in [1.54, 1.807) is 13.4 Å². The molecule has 0 atom stereocenters. The first kappa shape index (κ1) is 18.8. The SMILES string of the molecule is CCc1nncn1CCNC(=NC)NCCCOc1ccccc1C. The van der Waals surface area contributed by atoms with Crippen LogP contribution < -0.4 is 15.4 Å². The number of nitrogens with zero attached hydrogens (tertiary/aromatic N) is 4. The number of ether oxygens (including phenoxy) is 1. The van der Waals surface area contributed by atoms with Gasteiger partial charge in [0.2, 0.25) is 0 Å². The van der Waals surface area contributed by atoms with Crippen molar-refractivity contribution in [2.24, 2.45) is 4.99 Å². The van der Waals surface area contributed by atoms with Crippen LogP contribution in [0.25, 0.3) is 0 Å². The summed E-state index contributed by atoms with van der Waals surface area (Å²) in [6, 6.07) is 8.06. The summed E-state index contributed by atoms with van der Waals surface area (Å²) in [6.07, 6.45) is 3.55. The molecule has 1 heterocycles. The second kappa shape index (κ2) is 10.3. The molecule has 2 N–H and O–H groups in total. The lowest BCUT2D eigenvalue weighted by Crippen LogP contribution is -2.39. The number of para-hydroxylation sites is 1. The number of aromatic nitrogens is 3. The lowest BCUT2D eigenvalue weighted by molar-refractivity contribution is 0.309. The molecule has 0 aliphatic heterocycles. The van der Waals surface area contributed by atoms with Crippen LogP contribution in [0.2, 0.25) is 0 Å². The molecule has 7 heteroatoms. The first-order valence-electron chi connectivity index (χ1n) is 8.74. The lowest BCUT2D eigenvalue weighted by atomic mass is 10.2. The molecule has 0 aliphatic carbocycles. The maximum absolute atomic E-state index is 5.79. The van der Waals surface area contributed by atoms with Gasteiger partial charge in [-0.3, -0.25) is 4.99 Å². The van der Waals surface area contributed by atoms with E-state index < -0.39 is 0 Å². The van der Waals surface area contributed by atoms with Crippen LogP contribution >= 0.6 is 0 Å². The van der Waals surface area contributed by atoms with E-state index in [0.717, 1.165) is 55.6 Å². The summed E-state index contributed by atoms with van der Waals surface area (Å²) >= 11 is 0. The van der Waals surface area contributed by atoms with Crippen molar-refractivity contribution in [1.82, 2.24) is 25.4 Å². The maximum atomic E-state index is 5.79. The summed E-state index contributed by atoms with van der Waals surface area (Å²) in [6.45, 7) is 7.19. The zero-order valence-electron chi connectivity index (χ0n) is 15.3. The Kier molecular flexibility index (Phi) is 7.75. The molecule has 25 heavy (non-hydrogen) atoms. The molecule has 0 saturated carbocycles. The molecule has 0 fully saturated rings. The number of guanidine groups is 1. The van der Waals surface area contributed by atoms with Gasteiger partial charge >= 0.3 is 0 Å². The molecule has 2 aromatic rings. The molecule has 1 aromatic carbocycles. The minimum absolute atomic E-state index is 0.676. The Bertz CT molecular complexity index is 667. The molecule has 0 bridgehead atoms. The molecule has 0 unspecified atom stereocenters. The number of benzene rings is 1. The van der Waals surface area contributed by atoms with Crippen LogP contribution in [0.1, 0.15) is 24.7 Å². The van der Waals surface area contributed by atoms with Gasteiger partial charge in [0.25, 0.3) is 0 Å². The van der Waals surface area contributed by atoms with E-state index in [-0.39, 0.29) is 0 Å². The summed E-state index contributed by atoms with van der Waals surface area (Å²) in [5.41, 5.74) is 1.16. The Morgan fingerprint density at radius 1 is 1.24 bits per heavy atom. The minimum atomic E-state index is 0.676. The van der Waals surface area contributed by atoms with Crippen LogP contribution in [-0.2, 0) is 13.0 Å². The van der Waals surface area contributed by atoms with Gasteiger partial charge in [0.15, 0.2) is 5.96 Å². The molecule has 0 amide bonds. The summed E-state index contributed by atoms with van der Waals surface area (Å²) in [7, 11) is 1.77. The second-order valence-electron chi connectivity index (χ2n) is 5.69. The van der Waals surface area contributed by atoms with Crippen molar-refractivity contribution < 1.29 is 4.74 Å². The average Bonchev–Trinajstić information content (AvgIpc) is 3.09. The fourth-order valence-corrected chi connectivity index (χ4v) is 2.43. The van der Waals surface area contributed by atoms with Crippen molar-refractivity contribution >= 4 is 5.96 Å². The molecule has 0 saturated heterocycles. The number of aryl methyl sites for hydroxylation is 2. The first-order chi connectivity index (χ1) is 12.2. The van der Waals surface area contributed by atoms with Crippen molar-refractivity contribution in [3.8, 4) is 5.75 Å². The third-order valence-electron chi connectivity index (χ3n) is 3.85. The van der Waals surface area contributed by atoms with Crippen LogP contribution in [-0.4, -0.2) is 47.5 Å². The largest absolute Gasteiger partial charge is 0.493 e. The highest BCUT2D eigenvalue weighted by molar-refractivity contribution is 5.79. The topological polar surface area (TPSA) is 76.4 Å². The van der Waals surface area contributed by atoms with Crippen molar-refractivity contribution in [2.45, 2.75) is 33.2 Å². The third kappa shape index (κ3) is 6.10. The number of aliphatic imine (C=N–C) groups is 1. The van der Waals surface area contributed by atoms with E-state index in [0.29, 0.717) is 6.61 Å². The van der Waals surface area contributed by atoms with Crippen LogP contribution in [0.15, 0.2) is 35.6 Å². The Balaban J connectivity index is 1.61. The molecule has 136 valence electrons. The second-order valence-corrected chi connectivity index (χ2v) is 5.69. The quantitative estimate of drug-likeness (QED) is 0.412. The van der Waals surface area contributed by atoms with Crippen LogP contribution in [0.4, 0.5) is 0 Å². The maximum Gasteiger partial charge on any atom is 0.191 e. The smallest absolute Gasteiger partial charge is 0.191 e. The highest BCUT2D eigenvalue weighted by Crippen LogP contribution is 2.15. The van der Waals surface area contributed by atoms with Crippen LogP contribution in [0.3, 0.4) is 0 Å². The molecule has 0 aliphatic rings. The molecule has 0 radical (unpaired) electrons. The van der Waals surface area contributed by atoms with Crippen LogP contribution in [0.5, 0.6) is 5.75 Å². The fraction of sp³-hybridized carbons (Fsp3) is 0.500. The zero-order valence-corrected chi connectivity index (χ0v) is 15.3. The highest BCUT2D eigenvalue weighted by atomic mass is 16.5. The molecular weight excluding hydrogens is 316 g/mol. The van der Waals surface area contributed by atoms with Gasteiger partial charge in [0.1, 0.15) is 17.9 Å². The standard InChI is InChI=1S/C18H28N6O/c1-4-17-23-22-14-24(17)12-11-21-18(19-3)20-10-7-13-25-16-9-6-5-8-15(16)2/h5-6,8-9,14H,4,7,10-13H2,1-3H3,(H2,19,20,21). The summed E-state index contributed by atoms with van der Waals surface area (Å²) in [5, 5.41) is 14.6. The zero-order chi connectivity index (χ0) is 17.9. The van der Waals surface area contributed by atoms with Gasteiger partial charge in [-0.25, -0.2) is 0 Å². The van der Waals surface area contributed by atoms with E-state index in [2.05, 4.69) is 50.3 Å². The number of hydrogen-bond acceptors (Lipinski definition) is 4. The number of nitrogens with one attached hydrogen (secondary N) is 2.